The Bertz CT molecular complexity index is 1350. The van der Waals surface area contributed by atoms with Gasteiger partial charge >= 0.3 is 0 Å². The molecule has 0 saturated heterocycles. The quantitative estimate of drug-likeness (QED) is 0.413. The molecule has 36 heavy (non-hydrogen) atoms. The molecule has 0 spiro atoms. The van der Waals surface area contributed by atoms with E-state index in [0.717, 1.165) is 9.87 Å². The molecule has 0 saturated carbocycles. The first kappa shape index (κ1) is 27.3. The van der Waals surface area contributed by atoms with Gasteiger partial charge in [0.2, 0.25) is 11.8 Å². The topological polar surface area (TPSA) is 86.8 Å². The first-order valence-electron chi connectivity index (χ1n) is 11.1. The maximum Gasteiger partial charge on any atom is 0.264 e. The number of anilines is 1. The first-order valence-corrected chi connectivity index (χ1v) is 13.4. The number of carbonyl (C=O) groups is 2. The zero-order valence-corrected chi connectivity index (χ0v) is 22.5. The molecule has 3 rings (SSSR count). The summed E-state index contributed by atoms with van der Waals surface area (Å²) in [5.41, 5.74) is 1.35. The summed E-state index contributed by atoms with van der Waals surface area (Å²) in [6.45, 7) is 2.54. The highest BCUT2D eigenvalue weighted by Crippen LogP contribution is 2.27. The summed E-state index contributed by atoms with van der Waals surface area (Å²) >= 11 is 3.35. The highest BCUT2D eigenvalue weighted by molar-refractivity contribution is 9.10. The monoisotopic (exact) mass is 575 g/mol. The summed E-state index contributed by atoms with van der Waals surface area (Å²) in [5.74, 6) is -1.66. The number of benzene rings is 3. The molecule has 0 unspecified atom stereocenters. The highest BCUT2D eigenvalue weighted by Gasteiger charge is 2.32. The van der Waals surface area contributed by atoms with Gasteiger partial charge in [0.25, 0.3) is 10.0 Å². The van der Waals surface area contributed by atoms with E-state index in [0.29, 0.717) is 4.47 Å². The van der Waals surface area contributed by atoms with Crippen LogP contribution in [0.1, 0.15) is 18.1 Å². The van der Waals surface area contributed by atoms with Crippen LogP contribution < -0.4 is 9.62 Å². The Morgan fingerprint density at radius 1 is 1.03 bits per heavy atom. The normalized spacial score (nSPS) is 12.0. The Kier molecular flexibility index (Phi) is 8.86. The molecular formula is C26H27BrFN3O4S. The number of sulfonamides is 1. The summed E-state index contributed by atoms with van der Waals surface area (Å²) in [6.07, 6.45) is 0. The number of rotatable bonds is 9. The SMILES string of the molecule is CNC(=O)[C@H](C)N(Cc1ccccc1F)C(=O)CN(c1cccc(Br)c1)S(=O)(=O)c1ccc(C)cc1. The van der Waals surface area contributed by atoms with Crippen molar-refractivity contribution in [3.05, 3.63) is 94.2 Å². The van der Waals surface area contributed by atoms with E-state index >= 15 is 0 Å². The van der Waals surface area contributed by atoms with Crippen LogP contribution in [0.3, 0.4) is 0 Å². The minimum absolute atomic E-state index is 0.0147. The summed E-state index contributed by atoms with van der Waals surface area (Å²) < 4.78 is 43.4. The maximum absolute atomic E-state index is 14.4. The standard InChI is InChI=1S/C26H27BrFN3O4S/c1-18-11-13-23(14-12-18)36(34,35)31(22-9-6-8-21(27)15-22)17-25(32)30(19(2)26(33)29-3)16-20-7-4-5-10-24(20)28/h4-15,19H,16-17H2,1-3H3,(H,29,33)/t19-/m0/s1. The van der Waals surface area contributed by atoms with E-state index in [1.807, 2.05) is 6.92 Å². The predicted octanol–water partition coefficient (Wildman–Crippen LogP) is 4.26. The number of nitrogens with zero attached hydrogens (tertiary/aromatic N) is 2. The van der Waals surface area contributed by atoms with E-state index in [1.165, 1.54) is 49.2 Å². The third-order valence-electron chi connectivity index (χ3n) is 5.70. The molecule has 1 atom stereocenters. The molecule has 0 aromatic heterocycles. The van der Waals surface area contributed by atoms with Crippen molar-refractivity contribution in [1.82, 2.24) is 10.2 Å². The van der Waals surface area contributed by atoms with Crippen LogP contribution in [0.4, 0.5) is 10.1 Å². The zero-order chi connectivity index (χ0) is 26.5. The number of nitrogens with one attached hydrogen (secondary N) is 1. The number of likely N-dealkylation sites (N-methyl/N-ethyl adjacent to an activating group) is 1. The third kappa shape index (κ3) is 6.30. The Morgan fingerprint density at radius 2 is 1.69 bits per heavy atom. The smallest absolute Gasteiger partial charge is 0.264 e. The molecule has 0 bridgehead atoms. The lowest BCUT2D eigenvalue weighted by atomic mass is 10.1. The zero-order valence-electron chi connectivity index (χ0n) is 20.1. The number of hydrogen-bond acceptors (Lipinski definition) is 4. The summed E-state index contributed by atoms with van der Waals surface area (Å²) in [7, 11) is -2.73. The second kappa shape index (κ2) is 11.7. The fourth-order valence-electron chi connectivity index (χ4n) is 3.60. The minimum atomic E-state index is -4.16. The van der Waals surface area contributed by atoms with Crippen molar-refractivity contribution in [3.8, 4) is 0 Å². The lowest BCUT2D eigenvalue weighted by Crippen LogP contribution is -2.50. The molecule has 0 aliphatic rings. The van der Waals surface area contributed by atoms with Gasteiger partial charge in [-0.3, -0.25) is 13.9 Å². The summed E-state index contributed by atoms with van der Waals surface area (Å²) in [4.78, 5) is 27.3. The van der Waals surface area contributed by atoms with Crippen molar-refractivity contribution in [2.45, 2.75) is 31.3 Å². The Balaban J connectivity index is 2.05. The molecule has 10 heteroatoms. The largest absolute Gasteiger partial charge is 0.357 e. The van der Waals surface area contributed by atoms with Gasteiger partial charge in [-0.1, -0.05) is 57.9 Å². The first-order chi connectivity index (χ1) is 17.0. The van der Waals surface area contributed by atoms with Crippen LogP contribution in [0.5, 0.6) is 0 Å². The Morgan fingerprint density at radius 3 is 2.31 bits per heavy atom. The second-order valence-corrected chi connectivity index (χ2v) is 11.0. The molecule has 0 aliphatic heterocycles. The number of hydrogen-bond donors (Lipinski definition) is 1. The molecule has 0 fully saturated rings. The van der Waals surface area contributed by atoms with E-state index in [1.54, 1.807) is 42.5 Å². The highest BCUT2D eigenvalue weighted by atomic mass is 79.9. The van der Waals surface area contributed by atoms with Crippen LogP contribution in [0.2, 0.25) is 0 Å². The van der Waals surface area contributed by atoms with Gasteiger partial charge in [-0.05, 0) is 50.2 Å². The predicted molar refractivity (Wildman–Crippen MR) is 140 cm³/mol. The maximum atomic E-state index is 14.4. The van der Waals surface area contributed by atoms with Crippen LogP contribution in [0.15, 0.2) is 82.2 Å². The van der Waals surface area contributed by atoms with Crippen LogP contribution in [0, 0.1) is 12.7 Å². The molecule has 7 nitrogen and oxygen atoms in total. The van der Waals surface area contributed by atoms with Crippen molar-refractivity contribution < 1.29 is 22.4 Å². The van der Waals surface area contributed by atoms with Gasteiger partial charge in [-0.25, -0.2) is 12.8 Å². The average Bonchev–Trinajstić information content (AvgIpc) is 2.85. The van der Waals surface area contributed by atoms with E-state index in [9.17, 15) is 22.4 Å². The number of amides is 2. The Hall–Kier alpha value is -3.24. The number of halogens is 2. The fourth-order valence-corrected chi connectivity index (χ4v) is 5.39. The van der Waals surface area contributed by atoms with E-state index in [-0.39, 0.29) is 22.7 Å². The van der Waals surface area contributed by atoms with Crippen molar-refractivity contribution in [2.24, 2.45) is 0 Å². The number of aryl methyl sites for hydroxylation is 1. The molecular weight excluding hydrogens is 549 g/mol. The van der Waals surface area contributed by atoms with Crippen LogP contribution in [0.25, 0.3) is 0 Å². The van der Waals surface area contributed by atoms with Gasteiger partial charge in [0.15, 0.2) is 0 Å². The molecule has 0 aliphatic carbocycles. The summed E-state index contributed by atoms with van der Waals surface area (Å²) in [6, 6.07) is 17.8. The molecule has 0 radical (unpaired) electrons. The van der Waals surface area contributed by atoms with Gasteiger partial charge < -0.3 is 10.2 Å². The van der Waals surface area contributed by atoms with Gasteiger partial charge in [0.1, 0.15) is 18.4 Å². The molecule has 190 valence electrons. The van der Waals surface area contributed by atoms with Crippen LogP contribution in [-0.2, 0) is 26.2 Å². The van der Waals surface area contributed by atoms with Crippen molar-refractivity contribution in [2.75, 3.05) is 17.9 Å². The van der Waals surface area contributed by atoms with Crippen LogP contribution in [-0.4, -0.2) is 44.8 Å². The second-order valence-electron chi connectivity index (χ2n) is 8.21. The molecule has 0 heterocycles. The van der Waals surface area contributed by atoms with E-state index in [2.05, 4.69) is 21.2 Å². The van der Waals surface area contributed by atoms with E-state index < -0.39 is 40.2 Å². The van der Waals surface area contributed by atoms with Gasteiger partial charge in [0, 0.05) is 23.6 Å². The third-order valence-corrected chi connectivity index (χ3v) is 7.98. The van der Waals surface area contributed by atoms with E-state index in [4.69, 9.17) is 0 Å². The number of carbonyl (C=O) groups excluding carboxylic acids is 2. The van der Waals surface area contributed by atoms with Crippen molar-refractivity contribution in [1.29, 1.82) is 0 Å². The average molecular weight is 576 g/mol. The molecule has 3 aromatic rings. The summed E-state index contributed by atoms with van der Waals surface area (Å²) in [5, 5.41) is 2.49. The van der Waals surface area contributed by atoms with Gasteiger partial charge in [-0.2, -0.15) is 0 Å². The molecule has 2 amide bonds. The van der Waals surface area contributed by atoms with Crippen molar-refractivity contribution in [3.63, 3.8) is 0 Å². The lowest BCUT2D eigenvalue weighted by Gasteiger charge is -2.32. The van der Waals surface area contributed by atoms with Gasteiger partial charge in [0.05, 0.1) is 10.6 Å². The lowest BCUT2D eigenvalue weighted by molar-refractivity contribution is -0.139. The Labute approximate surface area is 219 Å². The molecule has 3 aromatic carbocycles. The van der Waals surface area contributed by atoms with Crippen LogP contribution >= 0.6 is 15.9 Å². The minimum Gasteiger partial charge on any atom is -0.357 e. The molecule has 1 N–H and O–H groups in total. The van der Waals surface area contributed by atoms with Gasteiger partial charge in [-0.15, -0.1) is 0 Å². The van der Waals surface area contributed by atoms with Crippen molar-refractivity contribution >= 4 is 43.5 Å². The fraction of sp³-hybridized carbons (Fsp3) is 0.231.